The van der Waals surface area contributed by atoms with Crippen LogP contribution in [0.2, 0.25) is 0 Å². The van der Waals surface area contributed by atoms with E-state index in [4.69, 9.17) is 5.73 Å². The van der Waals surface area contributed by atoms with E-state index < -0.39 is 47.4 Å². The molecule has 1 saturated carbocycles. The summed E-state index contributed by atoms with van der Waals surface area (Å²) in [6, 6.07) is -0.952. The first-order valence-corrected chi connectivity index (χ1v) is 9.55. The van der Waals surface area contributed by atoms with Crippen molar-refractivity contribution in [3.63, 3.8) is 0 Å². The molecule has 1 aromatic rings. The Morgan fingerprint density at radius 3 is 2.55 bits per heavy atom. The fourth-order valence-electron chi connectivity index (χ4n) is 4.61. The number of halogens is 4. The first-order chi connectivity index (χ1) is 13.6. The van der Waals surface area contributed by atoms with Gasteiger partial charge in [-0.15, -0.1) is 13.2 Å². The highest BCUT2D eigenvalue weighted by atomic mass is 19.4. The summed E-state index contributed by atoms with van der Waals surface area (Å²) in [5, 5.41) is 0. The molecule has 7 nitrogen and oxygen atoms in total. The van der Waals surface area contributed by atoms with E-state index in [2.05, 4.69) is 9.72 Å². The normalized spacial score (nSPS) is 30.3. The van der Waals surface area contributed by atoms with E-state index in [1.807, 2.05) is 0 Å². The fraction of sp³-hybridized carbons (Fsp3) is 0.667. The lowest BCUT2D eigenvalue weighted by Crippen LogP contribution is -2.45. The number of aromatic amines is 1. The maximum absolute atomic E-state index is 15.0. The van der Waals surface area contributed by atoms with E-state index in [0.717, 1.165) is 18.9 Å². The monoisotopic (exact) mass is 418 g/mol. The number of rotatable bonds is 4. The standard InChI is InChI=1S/C18H22F4N4O3/c1-8-14-11(16(27)24-17(28)26(14)10-2-3-10)4-12(19)15(8)25-6-9(5-23)13(7-25)29-18(20,21)22/h4,8-10,13,15H,2-3,5-7,23H2,1H3,(H,24,27,28). The van der Waals surface area contributed by atoms with Crippen molar-refractivity contribution >= 4 is 6.08 Å². The number of nitrogens with two attached hydrogens (primary N) is 1. The second kappa shape index (κ2) is 7.06. The van der Waals surface area contributed by atoms with Crippen molar-refractivity contribution in [2.75, 3.05) is 19.6 Å². The number of fused-ring (bicyclic) bond motifs is 1. The maximum Gasteiger partial charge on any atom is 0.522 e. The van der Waals surface area contributed by atoms with Crippen LogP contribution in [0.5, 0.6) is 0 Å². The fourth-order valence-corrected chi connectivity index (χ4v) is 4.61. The Labute approximate surface area is 163 Å². The molecule has 0 spiro atoms. The van der Waals surface area contributed by atoms with Crippen molar-refractivity contribution in [2.24, 2.45) is 11.7 Å². The van der Waals surface area contributed by atoms with Crippen LogP contribution in [-0.4, -0.2) is 52.6 Å². The summed E-state index contributed by atoms with van der Waals surface area (Å²) in [7, 11) is 0. The molecular weight excluding hydrogens is 396 g/mol. The van der Waals surface area contributed by atoms with Gasteiger partial charge in [0.05, 0.1) is 17.7 Å². The topological polar surface area (TPSA) is 93.4 Å². The first kappa shape index (κ1) is 20.3. The van der Waals surface area contributed by atoms with E-state index in [1.54, 1.807) is 11.8 Å². The lowest BCUT2D eigenvalue weighted by atomic mass is 9.87. The summed E-state index contributed by atoms with van der Waals surface area (Å²) in [6.07, 6.45) is -3.36. The zero-order valence-corrected chi connectivity index (χ0v) is 15.7. The molecule has 29 heavy (non-hydrogen) atoms. The largest absolute Gasteiger partial charge is 0.522 e. The minimum Gasteiger partial charge on any atom is -0.330 e. The number of hydrogen-bond acceptors (Lipinski definition) is 5. The number of aromatic nitrogens is 2. The summed E-state index contributed by atoms with van der Waals surface area (Å²) in [5.41, 5.74) is 4.93. The molecule has 0 aromatic carbocycles. The Morgan fingerprint density at radius 1 is 1.28 bits per heavy atom. The molecule has 1 aromatic heterocycles. The molecule has 3 aliphatic rings. The van der Waals surface area contributed by atoms with Gasteiger partial charge in [0.2, 0.25) is 0 Å². The zero-order valence-electron chi connectivity index (χ0n) is 15.7. The van der Waals surface area contributed by atoms with E-state index in [9.17, 15) is 22.8 Å². The third kappa shape index (κ3) is 3.66. The molecular formula is C18H22F4N4O3. The van der Waals surface area contributed by atoms with Gasteiger partial charge in [0.1, 0.15) is 5.83 Å². The van der Waals surface area contributed by atoms with Gasteiger partial charge < -0.3 is 5.73 Å². The van der Waals surface area contributed by atoms with Gasteiger partial charge in [-0.25, -0.2) is 9.18 Å². The van der Waals surface area contributed by atoms with Gasteiger partial charge >= 0.3 is 12.1 Å². The Kier molecular flexibility index (Phi) is 4.94. The number of H-pyrrole nitrogens is 1. The summed E-state index contributed by atoms with van der Waals surface area (Å²) >= 11 is 0. The third-order valence-corrected chi connectivity index (χ3v) is 5.99. The molecule has 160 valence electrons. The number of nitrogens with zero attached hydrogens (tertiary/aromatic N) is 2. The summed E-state index contributed by atoms with van der Waals surface area (Å²) in [4.78, 5) is 28.4. The molecule has 4 atom stereocenters. The Morgan fingerprint density at radius 2 is 1.97 bits per heavy atom. The number of nitrogens with one attached hydrogen (secondary N) is 1. The first-order valence-electron chi connectivity index (χ1n) is 9.55. The molecule has 1 aliphatic heterocycles. The van der Waals surface area contributed by atoms with E-state index >= 15 is 4.39 Å². The van der Waals surface area contributed by atoms with Crippen LogP contribution in [0.15, 0.2) is 15.4 Å². The SMILES string of the molecule is CC1c2c(c(=O)[nH]c(=O)n2C2CC2)C=C(F)C1N1CC(CN)C(OC(F)(F)F)C1. The lowest BCUT2D eigenvalue weighted by Gasteiger charge is -2.36. The minimum absolute atomic E-state index is 0.0350. The highest BCUT2D eigenvalue weighted by Gasteiger charge is 2.47. The van der Waals surface area contributed by atoms with Gasteiger partial charge in [0.25, 0.3) is 5.56 Å². The average Bonchev–Trinajstić information content (AvgIpc) is 3.36. The molecule has 0 amide bonds. The van der Waals surface area contributed by atoms with Gasteiger partial charge in [-0.3, -0.25) is 24.0 Å². The van der Waals surface area contributed by atoms with Crippen molar-refractivity contribution in [1.82, 2.24) is 14.5 Å². The second-order valence-corrected chi connectivity index (χ2v) is 7.97. The molecule has 2 heterocycles. The van der Waals surface area contributed by atoms with Gasteiger partial charge in [0.15, 0.2) is 0 Å². The van der Waals surface area contributed by atoms with Crippen molar-refractivity contribution < 1.29 is 22.3 Å². The molecule has 1 saturated heterocycles. The van der Waals surface area contributed by atoms with Crippen molar-refractivity contribution in [3.8, 4) is 0 Å². The Hall–Kier alpha value is -1.98. The maximum atomic E-state index is 15.0. The number of hydrogen-bond donors (Lipinski definition) is 2. The van der Waals surface area contributed by atoms with Crippen LogP contribution in [-0.2, 0) is 4.74 Å². The predicted molar refractivity (Wildman–Crippen MR) is 95.9 cm³/mol. The lowest BCUT2D eigenvalue weighted by molar-refractivity contribution is -0.344. The molecule has 0 radical (unpaired) electrons. The molecule has 2 aliphatic carbocycles. The highest BCUT2D eigenvalue weighted by molar-refractivity contribution is 5.59. The predicted octanol–water partition coefficient (Wildman–Crippen LogP) is 1.46. The van der Waals surface area contributed by atoms with Gasteiger partial charge in [-0.1, -0.05) is 6.92 Å². The van der Waals surface area contributed by atoms with Crippen molar-refractivity contribution in [1.29, 1.82) is 0 Å². The van der Waals surface area contributed by atoms with Crippen LogP contribution in [0, 0.1) is 5.92 Å². The molecule has 11 heteroatoms. The van der Waals surface area contributed by atoms with Gasteiger partial charge in [-0.2, -0.15) is 0 Å². The van der Waals surface area contributed by atoms with E-state index in [0.29, 0.717) is 5.69 Å². The van der Waals surface area contributed by atoms with Crippen LogP contribution in [0.1, 0.15) is 43.0 Å². The van der Waals surface area contributed by atoms with Crippen LogP contribution in [0.3, 0.4) is 0 Å². The Balaban J connectivity index is 1.70. The van der Waals surface area contributed by atoms with Crippen LogP contribution < -0.4 is 17.0 Å². The van der Waals surface area contributed by atoms with Crippen LogP contribution >= 0.6 is 0 Å². The zero-order chi connectivity index (χ0) is 21.1. The van der Waals surface area contributed by atoms with Crippen molar-refractivity contribution in [3.05, 3.63) is 37.9 Å². The average molecular weight is 418 g/mol. The second-order valence-electron chi connectivity index (χ2n) is 7.97. The van der Waals surface area contributed by atoms with Crippen molar-refractivity contribution in [2.45, 2.75) is 50.2 Å². The number of likely N-dealkylation sites (tertiary alicyclic amines) is 1. The smallest absolute Gasteiger partial charge is 0.330 e. The van der Waals surface area contributed by atoms with Crippen LogP contribution in [0.25, 0.3) is 6.08 Å². The summed E-state index contributed by atoms with van der Waals surface area (Å²) in [6.45, 7) is 1.62. The molecule has 0 bridgehead atoms. The summed E-state index contributed by atoms with van der Waals surface area (Å²) in [5.74, 6) is -1.84. The molecule has 2 fully saturated rings. The van der Waals surface area contributed by atoms with Gasteiger partial charge in [0, 0.05) is 36.7 Å². The quantitative estimate of drug-likeness (QED) is 0.723. The molecule has 4 rings (SSSR count). The van der Waals surface area contributed by atoms with Crippen LogP contribution in [0.4, 0.5) is 17.6 Å². The molecule has 4 unspecified atom stereocenters. The number of alkyl halides is 3. The van der Waals surface area contributed by atoms with E-state index in [1.165, 1.54) is 4.57 Å². The Bertz CT molecular complexity index is 950. The summed E-state index contributed by atoms with van der Waals surface area (Å²) < 4.78 is 58.9. The third-order valence-electron chi connectivity index (χ3n) is 5.99. The molecule has 3 N–H and O–H groups in total. The number of ether oxygens (including phenoxy) is 1. The van der Waals surface area contributed by atoms with E-state index in [-0.39, 0.29) is 31.2 Å². The highest BCUT2D eigenvalue weighted by Crippen LogP contribution is 2.42. The minimum atomic E-state index is -4.81. The van der Waals surface area contributed by atoms with Gasteiger partial charge in [-0.05, 0) is 25.5 Å².